The quantitative estimate of drug-likeness (QED) is 0.857. The Labute approximate surface area is 130 Å². The molecule has 2 unspecified atom stereocenters. The Balaban J connectivity index is 2.10. The van der Waals surface area contributed by atoms with E-state index in [4.69, 9.17) is 5.73 Å². The van der Waals surface area contributed by atoms with Gasteiger partial charge < -0.3 is 5.73 Å². The van der Waals surface area contributed by atoms with E-state index in [1.807, 2.05) is 0 Å². The molecule has 2 nitrogen and oxygen atoms in total. The van der Waals surface area contributed by atoms with Gasteiger partial charge in [0.1, 0.15) is 0 Å². The first-order valence-electron chi connectivity index (χ1n) is 8.58. The second-order valence-electron chi connectivity index (χ2n) is 7.49. The fourth-order valence-corrected chi connectivity index (χ4v) is 6.10. The van der Waals surface area contributed by atoms with Crippen LogP contribution in [-0.2, 0) is 0 Å². The van der Waals surface area contributed by atoms with E-state index in [1.165, 1.54) is 63.1 Å². The highest BCUT2D eigenvalue weighted by Gasteiger charge is 2.49. The van der Waals surface area contributed by atoms with E-state index in [-0.39, 0.29) is 5.54 Å². The summed E-state index contributed by atoms with van der Waals surface area (Å²) in [5.41, 5.74) is 6.93. The molecule has 3 heteroatoms. The van der Waals surface area contributed by atoms with Gasteiger partial charge in [-0.3, -0.25) is 4.90 Å². The first-order chi connectivity index (χ1) is 9.55. The first-order valence-corrected chi connectivity index (χ1v) is 9.74. The molecule has 0 saturated carbocycles. The van der Waals surface area contributed by atoms with Crippen molar-refractivity contribution in [3.63, 3.8) is 0 Å². The maximum atomic E-state index is 6.33. The fraction of sp³-hybridized carbons (Fsp3) is 1.00. The molecule has 2 fully saturated rings. The molecular formula is C17H34N2S. The van der Waals surface area contributed by atoms with Crippen LogP contribution in [0.2, 0.25) is 0 Å². The van der Waals surface area contributed by atoms with Crippen molar-refractivity contribution in [2.75, 3.05) is 31.1 Å². The van der Waals surface area contributed by atoms with Crippen LogP contribution < -0.4 is 5.73 Å². The molecule has 0 spiro atoms. The molecule has 20 heavy (non-hydrogen) atoms. The van der Waals surface area contributed by atoms with Crippen molar-refractivity contribution < 1.29 is 0 Å². The molecular weight excluding hydrogens is 264 g/mol. The minimum atomic E-state index is 0.233. The summed E-state index contributed by atoms with van der Waals surface area (Å²) in [6, 6.07) is 0. The monoisotopic (exact) mass is 298 g/mol. The van der Waals surface area contributed by atoms with E-state index in [0.717, 1.165) is 12.5 Å². The van der Waals surface area contributed by atoms with E-state index in [2.05, 4.69) is 37.4 Å². The highest BCUT2D eigenvalue weighted by atomic mass is 32.2. The lowest BCUT2D eigenvalue weighted by Crippen LogP contribution is -2.66. The third-order valence-corrected chi connectivity index (χ3v) is 7.13. The van der Waals surface area contributed by atoms with Gasteiger partial charge in [0.25, 0.3) is 0 Å². The van der Waals surface area contributed by atoms with Gasteiger partial charge in [0, 0.05) is 17.8 Å². The second kappa shape index (κ2) is 7.02. The molecule has 0 amide bonds. The maximum Gasteiger partial charge on any atom is 0.0472 e. The minimum absolute atomic E-state index is 0.233. The predicted octanol–water partition coefficient (Wildman–Crippen LogP) is 3.75. The number of nitrogens with zero attached hydrogens (tertiary/aromatic N) is 1. The Hall–Kier alpha value is 0.270. The smallest absolute Gasteiger partial charge is 0.0472 e. The van der Waals surface area contributed by atoms with Crippen molar-refractivity contribution in [1.82, 2.24) is 4.90 Å². The van der Waals surface area contributed by atoms with E-state index >= 15 is 0 Å². The topological polar surface area (TPSA) is 29.3 Å². The van der Waals surface area contributed by atoms with Crippen LogP contribution in [0.1, 0.15) is 59.3 Å². The molecule has 2 aliphatic heterocycles. The number of hydrogen-bond acceptors (Lipinski definition) is 3. The molecule has 2 atom stereocenters. The van der Waals surface area contributed by atoms with Gasteiger partial charge in [-0.15, -0.1) is 0 Å². The van der Waals surface area contributed by atoms with Crippen molar-refractivity contribution in [3.8, 4) is 0 Å². The van der Waals surface area contributed by atoms with Gasteiger partial charge in [-0.25, -0.2) is 0 Å². The Morgan fingerprint density at radius 3 is 2.70 bits per heavy atom. The third-order valence-electron chi connectivity index (χ3n) is 5.96. The number of likely N-dealkylation sites (tertiary alicyclic amines) is 1. The van der Waals surface area contributed by atoms with E-state index in [0.29, 0.717) is 5.41 Å². The van der Waals surface area contributed by atoms with Crippen LogP contribution in [0.3, 0.4) is 0 Å². The summed E-state index contributed by atoms with van der Waals surface area (Å²) in [5, 5.41) is 0. The molecule has 2 rings (SSSR count). The SMILES string of the molecule is CCCC1CCCN(C2(CN)CSCCC2(C)C)CC1. The zero-order valence-corrected chi connectivity index (χ0v) is 14.6. The Morgan fingerprint density at radius 1 is 1.25 bits per heavy atom. The molecule has 0 aromatic heterocycles. The Bertz CT molecular complexity index is 305. The molecule has 2 heterocycles. The van der Waals surface area contributed by atoms with Crippen LogP contribution in [0.5, 0.6) is 0 Å². The molecule has 0 aliphatic carbocycles. The predicted molar refractivity (Wildman–Crippen MR) is 91.3 cm³/mol. The fourth-order valence-electron chi connectivity index (χ4n) is 4.27. The van der Waals surface area contributed by atoms with Gasteiger partial charge in [-0.1, -0.05) is 33.6 Å². The van der Waals surface area contributed by atoms with Crippen molar-refractivity contribution in [1.29, 1.82) is 0 Å². The van der Waals surface area contributed by atoms with Gasteiger partial charge in [0.05, 0.1) is 0 Å². The van der Waals surface area contributed by atoms with Crippen LogP contribution in [-0.4, -0.2) is 41.6 Å². The third kappa shape index (κ3) is 3.20. The van der Waals surface area contributed by atoms with Gasteiger partial charge in [0.15, 0.2) is 0 Å². The van der Waals surface area contributed by atoms with E-state index in [1.54, 1.807) is 0 Å². The van der Waals surface area contributed by atoms with Crippen LogP contribution in [0.15, 0.2) is 0 Å². The van der Waals surface area contributed by atoms with Crippen LogP contribution in [0, 0.1) is 11.3 Å². The Morgan fingerprint density at radius 2 is 2.05 bits per heavy atom. The second-order valence-corrected chi connectivity index (χ2v) is 8.60. The number of hydrogen-bond donors (Lipinski definition) is 1. The van der Waals surface area contributed by atoms with Crippen LogP contribution >= 0.6 is 11.8 Å². The molecule has 0 aromatic rings. The van der Waals surface area contributed by atoms with Gasteiger partial charge in [-0.2, -0.15) is 11.8 Å². The largest absolute Gasteiger partial charge is 0.329 e. The molecule has 118 valence electrons. The summed E-state index contributed by atoms with van der Waals surface area (Å²) in [4.78, 5) is 2.79. The molecule has 0 aromatic carbocycles. The zero-order valence-electron chi connectivity index (χ0n) is 13.8. The van der Waals surface area contributed by atoms with Crippen molar-refractivity contribution >= 4 is 11.8 Å². The summed E-state index contributed by atoms with van der Waals surface area (Å²) in [5.74, 6) is 3.50. The van der Waals surface area contributed by atoms with Crippen LogP contribution in [0.25, 0.3) is 0 Å². The minimum Gasteiger partial charge on any atom is -0.329 e. The Kier molecular flexibility index (Phi) is 5.84. The highest BCUT2D eigenvalue weighted by molar-refractivity contribution is 7.99. The molecule has 0 bridgehead atoms. The van der Waals surface area contributed by atoms with Crippen LogP contribution in [0.4, 0.5) is 0 Å². The van der Waals surface area contributed by atoms with Crippen molar-refractivity contribution in [2.45, 2.75) is 64.8 Å². The lowest BCUT2D eigenvalue weighted by Gasteiger charge is -2.55. The standard InChI is InChI=1S/C17H34N2S/c1-4-6-15-7-5-10-19(11-8-15)17(13-18)14-20-12-9-16(17,2)3/h15H,4-14,18H2,1-3H3. The van der Waals surface area contributed by atoms with Gasteiger partial charge in [0.2, 0.25) is 0 Å². The van der Waals surface area contributed by atoms with Gasteiger partial charge >= 0.3 is 0 Å². The summed E-state index contributed by atoms with van der Waals surface area (Å²) in [7, 11) is 0. The molecule has 2 aliphatic rings. The number of thioether (sulfide) groups is 1. The average molecular weight is 299 g/mol. The van der Waals surface area contributed by atoms with E-state index in [9.17, 15) is 0 Å². The average Bonchev–Trinajstić information content (AvgIpc) is 2.65. The lowest BCUT2D eigenvalue weighted by molar-refractivity contribution is 0.00287. The summed E-state index contributed by atoms with van der Waals surface area (Å²) < 4.78 is 0. The molecule has 0 radical (unpaired) electrons. The van der Waals surface area contributed by atoms with Crippen molar-refractivity contribution in [2.24, 2.45) is 17.1 Å². The maximum absolute atomic E-state index is 6.33. The lowest BCUT2D eigenvalue weighted by atomic mass is 9.69. The normalized spacial score (nSPS) is 35.7. The molecule has 2 saturated heterocycles. The van der Waals surface area contributed by atoms with Gasteiger partial charge in [-0.05, 0) is 55.9 Å². The first kappa shape index (κ1) is 16.6. The summed E-state index contributed by atoms with van der Waals surface area (Å²) in [6.45, 7) is 10.6. The van der Waals surface area contributed by atoms with Crippen molar-refractivity contribution in [3.05, 3.63) is 0 Å². The molecule has 2 N–H and O–H groups in total. The van der Waals surface area contributed by atoms with E-state index < -0.39 is 0 Å². The highest BCUT2D eigenvalue weighted by Crippen LogP contribution is 2.46. The summed E-state index contributed by atoms with van der Waals surface area (Å²) >= 11 is 2.12. The zero-order chi connectivity index (χ0) is 14.6. The summed E-state index contributed by atoms with van der Waals surface area (Å²) in [6.07, 6.45) is 8.25. The number of nitrogens with two attached hydrogens (primary N) is 1. The number of rotatable bonds is 4.